The minimum absolute atomic E-state index is 0.0645. The van der Waals surface area contributed by atoms with Gasteiger partial charge in [0, 0.05) is 37.3 Å². The Labute approximate surface area is 188 Å². The zero-order valence-corrected chi connectivity index (χ0v) is 17.9. The second-order valence-corrected chi connectivity index (χ2v) is 8.68. The molecule has 3 N–H and O–H groups in total. The molecule has 3 aromatic rings. The number of hydrogen-bond acceptors (Lipinski definition) is 5. The lowest BCUT2D eigenvalue weighted by Gasteiger charge is -2.22. The van der Waals surface area contributed by atoms with Crippen molar-refractivity contribution in [3.8, 4) is 5.75 Å². The molecule has 2 aliphatic rings. The number of hydrogen-bond donors (Lipinski definition) is 2. The molecular weight excluding hydrogens is 432 g/mol. The normalized spacial score (nSPS) is 20.4. The number of methoxy groups -OCH3 is 1. The van der Waals surface area contributed by atoms with Crippen molar-refractivity contribution < 1.29 is 23.4 Å². The summed E-state index contributed by atoms with van der Waals surface area (Å²) in [5.74, 6) is -2.65. The topological polar surface area (TPSA) is 97.8 Å². The lowest BCUT2D eigenvalue weighted by Crippen LogP contribution is -2.29. The van der Waals surface area contributed by atoms with Crippen molar-refractivity contribution in [3.63, 3.8) is 0 Å². The first kappa shape index (κ1) is 21.4. The molecule has 2 fully saturated rings. The first-order valence-electron chi connectivity index (χ1n) is 10.7. The van der Waals surface area contributed by atoms with Gasteiger partial charge in [0.2, 0.25) is 5.43 Å². The van der Waals surface area contributed by atoms with Crippen LogP contribution in [0.15, 0.2) is 41.3 Å². The molecule has 2 aromatic carbocycles. The number of nitrogens with zero attached hydrogens (tertiary/aromatic N) is 2. The number of aromatic carboxylic acids is 1. The van der Waals surface area contributed by atoms with Crippen molar-refractivity contribution in [2.75, 3.05) is 25.1 Å². The second-order valence-electron chi connectivity index (χ2n) is 8.68. The molecule has 7 nitrogen and oxygen atoms in total. The van der Waals surface area contributed by atoms with Crippen molar-refractivity contribution in [2.24, 2.45) is 5.73 Å². The second kappa shape index (κ2) is 7.84. The summed E-state index contributed by atoms with van der Waals surface area (Å²) in [6.45, 7) is 0.532. The van der Waals surface area contributed by atoms with E-state index in [9.17, 15) is 14.7 Å². The van der Waals surface area contributed by atoms with E-state index in [1.54, 1.807) is 12.0 Å². The average molecular weight is 455 g/mol. The molecule has 2 heterocycles. The van der Waals surface area contributed by atoms with Crippen LogP contribution in [0.2, 0.25) is 0 Å². The maximum absolute atomic E-state index is 15.9. The Balaban J connectivity index is 1.60. The van der Waals surface area contributed by atoms with Crippen molar-refractivity contribution in [3.05, 3.63) is 69.5 Å². The van der Waals surface area contributed by atoms with Crippen molar-refractivity contribution in [1.82, 2.24) is 4.57 Å². The molecule has 1 saturated carbocycles. The summed E-state index contributed by atoms with van der Waals surface area (Å²) in [7, 11) is 1.57. The summed E-state index contributed by atoms with van der Waals surface area (Å²) in [5.41, 5.74) is 5.59. The number of anilines is 1. The highest BCUT2D eigenvalue weighted by molar-refractivity contribution is 5.94. The number of halogens is 2. The molecule has 0 unspecified atom stereocenters. The number of benzene rings is 2. The predicted octanol–water partition coefficient (Wildman–Crippen LogP) is 3.25. The quantitative estimate of drug-likeness (QED) is 0.613. The minimum atomic E-state index is -1.42. The van der Waals surface area contributed by atoms with Gasteiger partial charge in [-0.1, -0.05) is 12.1 Å². The molecule has 1 saturated heterocycles. The van der Waals surface area contributed by atoms with Gasteiger partial charge in [-0.2, -0.15) is 0 Å². The Morgan fingerprint density at radius 2 is 1.88 bits per heavy atom. The van der Waals surface area contributed by atoms with Crippen LogP contribution >= 0.6 is 0 Å². The molecule has 9 heteroatoms. The number of rotatable bonds is 5. The lowest BCUT2D eigenvalue weighted by atomic mass is 9.95. The zero-order valence-electron chi connectivity index (χ0n) is 17.9. The van der Waals surface area contributed by atoms with E-state index in [1.165, 1.54) is 10.8 Å². The number of nitrogens with two attached hydrogens (primary N) is 1. The smallest absolute Gasteiger partial charge is 0.341 e. The van der Waals surface area contributed by atoms with Crippen molar-refractivity contribution >= 4 is 22.6 Å². The number of carboxylic acid groups (broad SMARTS) is 1. The lowest BCUT2D eigenvalue weighted by molar-refractivity contribution is 0.0694. The van der Waals surface area contributed by atoms with Gasteiger partial charge in [-0.3, -0.25) is 4.79 Å². The van der Waals surface area contributed by atoms with E-state index in [0.29, 0.717) is 12.3 Å². The number of carboxylic acids is 1. The molecule has 0 radical (unpaired) electrons. The predicted molar refractivity (Wildman–Crippen MR) is 119 cm³/mol. The fourth-order valence-corrected chi connectivity index (χ4v) is 4.73. The summed E-state index contributed by atoms with van der Waals surface area (Å²) in [6, 6.07) is 7.89. The van der Waals surface area contributed by atoms with Gasteiger partial charge in [0.25, 0.3) is 0 Å². The third-order valence-electron chi connectivity index (χ3n) is 6.58. The van der Waals surface area contributed by atoms with E-state index in [1.807, 2.05) is 24.3 Å². The van der Waals surface area contributed by atoms with Crippen LogP contribution in [0.1, 0.15) is 40.7 Å². The summed E-state index contributed by atoms with van der Waals surface area (Å²) in [4.78, 5) is 25.8. The van der Waals surface area contributed by atoms with E-state index >= 15 is 8.78 Å². The third-order valence-corrected chi connectivity index (χ3v) is 6.58. The van der Waals surface area contributed by atoms with Crippen LogP contribution in [0, 0.1) is 11.6 Å². The highest BCUT2D eigenvalue weighted by Gasteiger charge is 2.36. The van der Waals surface area contributed by atoms with E-state index in [0.717, 1.165) is 24.5 Å². The van der Waals surface area contributed by atoms with Gasteiger partial charge >= 0.3 is 5.97 Å². The van der Waals surface area contributed by atoms with E-state index in [4.69, 9.17) is 10.5 Å². The standard InChI is InChI=1S/C24H23F2N3O4/c1-33-14-6-2-12(3-7-14)16-9-28(11-19(16)27)22-18(25)8-15-21(20(22)26)29(13-4-5-13)10-17(23(15)30)24(31)32/h2-3,6-8,10,13,16,19H,4-5,9,11,27H2,1H3,(H,31,32)/t16-,19+/m1/s1. The maximum Gasteiger partial charge on any atom is 0.341 e. The largest absolute Gasteiger partial charge is 0.497 e. The van der Waals surface area contributed by atoms with Gasteiger partial charge in [-0.05, 0) is 36.6 Å². The van der Waals surface area contributed by atoms with Gasteiger partial charge in [0.1, 0.15) is 22.8 Å². The number of ether oxygens (including phenoxy) is 1. The zero-order chi connectivity index (χ0) is 23.4. The first-order valence-corrected chi connectivity index (χ1v) is 10.7. The van der Waals surface area contributed by atoms with Crippen LogP contribution < -0.4 is 20.8 Å². The van der Waals surface area contributed by atoms with Crippen LogP contribution in [-0.2, 0) is 0 Å². The Morgan fingerprint density at radius 3 is 2.48 bits per heavy atom. The van der Waals surface area contributed by atoms with E-state index < -0.39 is 28.6 Å². The fourth-order valence-electron chi connectivity index (χ4n) is 4.73. The number of carbonyl (C=O) groups is 1. The van der Waals surface area contributed by atoms with Crippen LogP contribution in [-0.4, -0.2) is 41.9 Å². The Kier molecular flexibility index (Phi) is 5.08. The number of pyridine rings is 1. The summed E-state index contributed by atoms with van der Waals surface area (Å²) < 4.78 is 37.7. The van der Waals surface area contributed by atoms with Gasteiger partial charge in [-0.15, -0.1) is 0 Å². The molecule has 1 aliphatic carbocycles. The van der Waals surface area contributed by atoms with Crippen molar-refractivity contribution in [2.45, 2.75) is 30.8 Å². The molecule has 0 amide bonds. The molecular formula is C24H23F2N3O4. The molecule has 172 valence electrons. The summed E-state index contributed by atoms with van der Waals surface area (Å²) in [5, 5.41) is 9.12. The number of aromatic nitrogens is 1. The molecule has 2 atom stereocenters. The van der Waals surface area contributed by atoms with Gasteiger partial charge < -0.3 is 25.0 Å². The Morgan fingerprint density at radius 1 is 1.18 bits per heavy atom. The molecule has 5 rings (SSSR count). The van der Waals surface area contributed by atoms with Gasteiger partial charge in [0.05, 0.1) is 18.0 Å². The van der Waals surface area contributed by atoms with Gasteiger partial charge in [0.15, 0.2) is 5.82 Å². The van der Waals surface area contributed by atoms with Crippen LogP contribution in [0.5, 0.6) is 5.75 Å². The minimum Gasteiger partial charge on any atom is -0.497 e. The molecule has 1 aromatic heterocycles. The maximum atomic E-state index is 15.9. The number of fused-ring (bicyclic) bond motifs is 1. The fraction of sp³-hybridized carbons (Fsp3) is 0.333. The Hall–Kier alpha value is -3.46. The van der Waals surface area contributed by atoms with Crippen LogP contribution in [0.4, 0.5) is 14.5 Å². The van der Waals surface area contributed by atoms with Gasteiger partial charge in [-0.25, -0.2) is 13.6 Å². The highest BCUT2D eigenvalue weighted by atomic mass is 19.1. The average Bonchev–Trinajstić information content (AvgIpc) is 3.56. The Bertz CT molecular complexity index is 1320. The SMILES string of the molecule is COc1ccc([C@H]2CN(c3c(F)cc4c(=O)c(C(=O)O)cn(C5CC5)c4c3F)C[C@@H]2N)cc1. The molecule has 33 heavy (non-hydrogen) atoms. The monoisotopic (exact) mass is 455 g/mol. The molecule has 1 aliphatic heterocycles. The summed E-state index contributed by atoms with van der Waals surface area (Å²) >= 11 is 0. The van der Waals surface area contributed by atoms with Crippen molar-refractivity contribution in [1.29, 1.82) is 0 Å². The van der Waals surface area contributed by atoms with Crippen LogP contribution in [0.25, 0.3) is 10.9 Å². The summed E-state index contributed by atoms with van der Waals surface area (Å²) in [6.07, 6.45) is 2.64. The molecule has 0 bridgehead atoms. The molecule has 0 spiro atoms. The third kappa shape index (κ3) is 3.52. The van der Waals surface area contributed by atoms with E-state index in [2.05, 4.69) is 0 Å². The first-order chi connectivity index (χ1) is 15.8. The van der Waals surface area contributed by atoms with E-state index in [-0.39, 0.29) is 41.1 Å². The van der Waals surface area contributed by atoms with Crippen LogP contribution in [0.3, 0.4) is 0 Å². The highest BCUT2D eigenvalue weighted by Crippen LogP contribution is 2.41.